The van der Waals surface area contributed by atoms with Crippen LogP contribution in [0.3, 0.4) is 0 Å². The Labute approximate surface area is 219 Å². The van der Waals surface area contributed by atoms with E-state index < -0.39 is 71.9 Å². The fraction of sp³-hybridized carbons (Fsp3) is 0.500. The van der Waals surface area contributed by atoms with Crippen LogP contribution in [0.5, 0.6) is 0 Å². The summed E-state index contributed by atoms with van der Waals surface area (Å²) in [6.45, 7) is 3.78. The maximum atomic E-state index is 13.0. The molecule has 0 aliphatic heterocycles. The van der Waals surface area contributed by atoms with Gasteiger partial charge in [-0.2, -0.15) is 0 Å². The normalized spacial score (nSPS) is 15.5. The van der Waals surface area contributed by atoms with E-state index in [0.29, 0.717) is 5.56 Å². The molecule has 0 aliphatic rings. The monoisotopic (exact) mass is 537 g/mol. The molecule has 0 saturated carbocycles. The van der Waals surface area contributed by atoms with E-state index in [1.54, 1.807) is 30.3 Å². The van der Waals surface area contributed by atoms with Crippen LogP contribution in [0.2, 0.25) is 0 Å². The van der Waals surface area contributed by atoms with Gasteiger partial charge in [-0.05, 0) is 32.8 Å². The van der Waals surface area contributed by atoms with Crippen LogP contribution in [0.1, 0.15) is 39.2 Å². The van der Waals surface area contributed by atoms with Crippen LogP contribution in [-0.2, 0) is 35.2 Å². The number of carboxylic acids is 2. The number of nitrogens with one attached hydrogen (secondary N) is 4. The number of carboxylic acid groups (broad SMARTS) is 2. The first-order chi connectivity index (χ1) is 17.7. The number of hydrogen-bond acceptors (Lipinski definition) is 8. The molecule has 0 bridgehead atoms. The van der Waals surface area contributed by atoms with Gasteiger partial charge in [0.15, 0.2) is 0 Å². The van der Waals surface area contributed by atoms with Crippen LogP contribution in [0, 0.1) is 0 Å². The topological polar surface area (TPSA) is 237 Å². The minimum Gasteiger partial charge on any atom is -0.481 e. The third kappa shape index (κ3) is 10.9. The van der Waals surface area contributed by atoms with Gasteiger partial charge in [0.2, 0.25) is 23.6 Å². The molecule has 1 aromatic rings. The fourth-order valence-electron chi connectivity index (χ4n) is 3.18. The van der Waals surface area contributed by atoms with Gasteiger partial charge in [0.1, 0.15) is 24.2 Å². The molecule has 14 nitrogen and oxygen atoms in total. The first kappa shape index (κ1) is 32.0. The summed E-state index contributed by atoms with van der Waals surface area (Å²) in [6, 6.07) is 2.19. The standard InChI is InChI=1S/C24H35N5O9/c1-12(26-21(34)16(25)9-10-18(31)32)20(33)29-19(14(3)30)23(36)28-17(11-15-7-5-4-6-8-15)22(35)27-13(2)24(37)38/h4-8,12-14,16-17,19,30H,9-11,25H2,1-3H3,(H,26,34)(H,27,35)(H,28,36)(H,29,33)(H,31,32)(H,37,38)/t12-,13-,14+,16-,17-,19-/m0/s1. The van der Waals surface area contributed by atoms with Crippen molar-refractivity contribution in [2.45, 2.75) is 76.3 Å². The number of carbonyl (C=O) groups is 6. The Morgan fingerprint density at radius 1 is 0.789 bits per heavy atom. The van der Waals surface area contributed by atoms with Crippen LogP contribution in [0.4, 0.5) is 0 Å². The van der Waals surface area contributed by atoms with Crippen LogP contribution in [0.25, 0.3) is 0 Å². The SMILES string of the molecule is C[C@H](NC(=O)[C@H](Cc1ccccc1)NC(=O)[C@@H](NC(=O)[C@H](C)NC(=O)[C@@H](N)CCC(=O)O)[C@@H](C)O)C(=O)O. The van der Waals surface area contributed by atoms with Gasteiger partial charge in [0.25, 0.3) is 0 Å². The van der Waals surface area contributed by atoms with Crippen LogP contribution in [0.15, 0.2) is 30.3 Å². The second-order valence-electron chi connectivity index (χ2n) is 8.82. The molecule has 0 unspecified atom stereocenters. The Hall–Kier alpha value is -4.04. The van der Waals surface area contributed by atoms with E-state index in [2.05, 4.69) is 21.3 Å². The molecule has 0 spiro atoms. The Kier molecular flexibility index (Phi) is 12.9. The van der Waals surface area contributed by atoms with Crippen LogP contribution in [-0.4, -0.2) is 87.2 Å². The first-order valence-corrected chi connectivity index (χ1v) is 11.9. The van der Waals surface area contributed by atoms with Crippen molar-refractivity contribution in [1.29, 1.82) is 0 Å². The first-order valence-electron chi connectivity index (χ1n) is 11.9. The van der Waals surface area contributed by atoms with Gasteiger partial charge < -0.3 is 42.3 Å². The molecule has 6 atom stereocenters. The summed E-state index contributed by atoms with van der Waals surface area (Å²) in [5, 5.41) is 37.3. The molecular formula is C24H35N5O9. The molecule has 0 aliphatic carbocycles. The Morgan fingerprint density at radius 2 is 1.37 bits per heavy atom. The van der Waals surface area contributed by atoms with Gasteiger partial charge >= 0.3 is 11.9 Å². The lowest BCUT2D eigenvalue weighted by atomic mass is 10.0. The molecule has 4 amide bonds. The zero-order chi connectivity index (χ0) is 29.0. The van der Waals surface area contributed by atoms with E-state index in [4.69, 9.17) is 15.9 Å². The highest BCUT2D eigenvalue weighted by atomic mass is 16.4. The van der Waals surface area contributed by atoms with Crippen molar-refractivity contribution >= 4 is 35.6 Å². The van der Waals surface area contributed by atoms with Crippen LogP contribution >= 0.6 is 0 Å². The predicted molar refractivity (Wildman–Crippen MR) is 133 cm³/mol. The number of aliphatic hydroxyl groups is 1. The number of hydrogen-bond donors (Lipinski definition) is 8. The number of carbonyl (C=O) groups excluding carboxylic acids is 4. The number of aliphatic carboxylic acids is 2. The van der Waals surface area contributed by atoms with Crippen molar-refractivity contribution in [3.63, 3.8) is 0 Å². The van der Waals surface area contributed by atoms with E-state index in [1.807, 2.05) is 0 Å². The summed E-state index contributed by atoms with van der Waals surface area (Å²) in [7, 11) is 0. The van der Waals surface area contributed by atoms with Gasteiger partial charge in [-0.3, -0.25) is 28.8 Å². The third-order valence-electron chi connectivity index (χ3n) is 5.47. The number of nitrogens with two attached hydrogens (primary N) is 1. The smallest absolute Gasteiger partial charge is 0.325 e. The highest BCUT2D eigenvalue weighted by molar-refractivity contribution is 5.95. The van der Waals surface area contributed by atoms with E-state index in [0.717, 1.165) is 0 Å². The quantitative estimate of drug-likeness (QED) is 0.121. The number of aliphatic hydroxyl groups excluding tert-OH is 1. The molecular weight excluding hydrogens is 502 g/mol. The van der Waals surface area contributed by atoms with Crippen molar-refractivity contribution in [3.8, 4) is 0 Å². The summed E-state index contributed by atoms with van der Waals surface area (Å²) >= 11 is 0. The number of amides is 4. The average molecular weight is 538 g/mol. The third-order valence-corrected chi connectivity index (χ3v) is 5.47. The van der Waals surface area contributed by atoms with Crippen molar-refractivity contribution in [1.82, 2.24) is 21.3 Å². The maximum Gasteiger partial charge on any atom is 0.325 e. The van der Waals surface area contributed by atoms with E-state index in [1.165, 1.54) is 20.8 Å². The lowest BCUT2D eigenvalue weighted by molar-refractivity contribution is -0.142. The summed E-state index contributed by atoms with van der Waals surface area (Å²) in [6.07, 6.45) is -1.92. The molecule has 210 valence electrons. The molecule has 9 N–H and O–H groups in total. The molecule has 0 radical (unpaired) electrons. The molecule has 38 heavy (non-hydrogen) atoms. The molecule has 0 fully saturated rings. The van der Waals surface area contributed by atoms with Gasteiger partial charge in [0.05, 0.1) is 12.1 Å². The molecule has 0 heterocycles. The molecule has 0 saturated heterocycles. The molecule has 1 aromatic carbocycles. The van der Waals surface area contributed by atoms with Crippen molar-refractivity contribution in [2.75, 3.05) is 0 Å². The largest absolute Gasteiger partial charge is 0.481 e. The molecule has 14 heteroatoms. The highest BCUT2D eigenvalue weighted by Crippen LogP contribution is 2.06. The number of rotatable bonds is 15. The summed E-state index contributed by atoms with van der Waals surface area (Å²) in [5.41, 5.74) is 6.28. The molecule has 1 rings (SSSR count). The van der Waals surface area contributed by atoms with Gasteiger partial charge in [-0.25, -0.2) is 0 Å². The van der Waals surface area contributed by atoms with Crippen molar-refractivity contribution < 1.29 is 44.1 Å². The minimum absolute atomic E-state index is 0.00802. The minimum atomic E-state index is -1.54. The zero-order valence-corrected chi connectivity index (χ0v) is 21.3. The van der Waals surface area contributed by atoms with E-state index >= 15 is 0 Å². The summed E-state index contributed by atoms with van der Waals surface area (Å²) in [4.78, 5) is 72.3. The van der Waals surface area contributed by atoms with E-state index in [-0.39, 0.29) is 19.3 Å². The maximum absolute atomic E-state index is 13.0. The van der Waals surface area contributed by atoms with Gasteiger partial charge in [0, 0.05) is 12.8 Å². The lowest BCUT2D eigenvalue weighted by Crippen LogP contribution is -2.60. The fourth-order valence-corrected chi connectivity index (χ4v) is 3.18. The summed E-state index contributed by atoms with van der Waals surface area (Å²) in [5.74, 6) is -5.77. The molecule has 0 aromatic heterocycles. The lowest BCUT2D eigenvalue weighted by Gasteiger charge is -2.26. The highest BCUT2D eigenvalue weighted by Gasteiger charge is 2.32. The average Bonchev–Trinajstić information content (AvgIpc) is 2.85. The number of benzene rings is 1. The van der Waals surface area contributed by atoms with Crippen LogP contribution < -0.4 is 27.0 Å². The predicted octanol–water partition coefficient (Wildman–Crippen LogP) is -2.13. The van der Waals surface area contributed by atoms with Gasteiger partial charge in [-0.1, -0.05) is 30.3 Å². The Morgan fingerprint density at radius 3 is 1.89 bits per heavy atom. The van der Waals surface area contributed by atoms with E-state index in [9.17, 15) is 33.9 Å². The van der Waals surface area contributed by atoms with Crippen molar-refractivity contribution in [2.24, 2.45) is 5.73 Å². The Bertz CT molecular complexity index is 1000. The zero-order valence-electron chi connectivity index (χ0n) is 21.3. The second kappa shape index (κ2) is 15.3. The van der Waals surface area contributed by atoms with Crippen molar-refractivity contribution in [3.05, 3.63) is 35.9 Å². The van der Waals surface area contributed by atoms with Gasteiger partial charge in [-0.15, -0.1) is 0 Å². The second-order valence-corrected chi connectivity index (χ2v) is 8.82. The summed E-state index contributed by atoms with van der Waals surface area (Å²) < 4.78 is 0. The Balaban J connectivity index is 2.94.